The van der Waals surface area contributed by atoms with Crippen molar-refractivity contribution in [3.63, 3.8) is 0 Å². The third kappa shape index (κ3) is 5.72. The van der Waals surface area contributed by atoms with E-state index in [0.717, 1.165) is 34.3 Å². The van der Waals surface area contributed by atoms with Crippen molar-refractivity contribution in [3.05, 3.63) is 69.8 Å². The van der Waals surface area contributed by atoms with Gasteiger partial charge in [-0.15, -0.1) is 0 Å². The molecular weight excluding hydrogens is 410 g/mol. The lowest BCUT2D eigenvalue weighted by molar-refractivity contribution is 0.0921. The molecule has 0 aliphatic heterocycles. The molecule has 1 aromatic carbocycles. The van der Waals surface area contributed by atoms with Gasteiger partial charge in [-0.3, -0.25) is 9.48 Å². The molecule has 1 N–H and O–H groups in total. The molecule has 0 fully saturated rings. The van der Waals surface area contributed by atoms with E-state index in [1.54, 1.807) is 18.3 Å². The Kier molecular flexibility index (Phi) is 6.34. The SMILES string of the molecule is Cc1cc(C)cc(OCc2ccc(C(=O)NCCCn3cc(Br)cn3)o2)c1. The number of aromatic nitrogens is 2. The number of amides is 1. The van der Waals surface area contributed by atoms with Crippen LogP contribution in [0.3, 0.4) is 0 Å². The fraction of sp³-hybridized carbons (Fsp3) is 0.300. The fourth-order valence-electron chi connectivity index (χ4n) is 2.74. The van der Waals surface area contributed by atoms with Crippen molar-refractivity contribution in [1.29, 1.82) is 0 Å². The predicted octanol–water partition coefficient (Wildman–Crippen LogP) is 4.25. The number of nitrogens with one attached hydrogen (secondary N) is 1. The van der Waals surface area contributed by atoms with Gasteiger partial charge >= 0.3 is 0 Å². The smallest absolute Gasteiger partial charge is 0.286 e. The molecular formula is C20H22BrN3O3. The molecule has 0 unspecified atom stereocenters. The Hall–Kier alpha value is -2.54. The van der Waals surface area contributed by atoms with Crippen LogP contribution in [0.5, 0.6) is 5.75 Å². The van der Waals surface area contributed by atoms with Crippen LogP contribution in [0.2, 0.25) is 0 Å². The molecule has 0 aliphatic rings. The summed E-state index contributed by atoms with van der Waals surface area (Å²) in [7, 11) is 0. The summed E-state index contributed by atoms with van der Waals surface area (Å²) < 4.78 is 14.1. The number of carbonyl (C=O) groups excluding carboxylic acids is 1. The van der Waals surface area contributed by atoms with Crippen molar-refractivity contribution in [3.8, 4) is 5.75 Å². The number of ether oxygens (including phenoxy) is 1. The lowest BCUT2D eigenvalue weighted by Crippen LogP contribution is -2.24. The van der Waals surface area contributed by atoms with Gasteiger partial charge in [0.15, 0.2) is 5.76 Å². The van der Waals surface area contributed by atoms with Gasteiger partial charge in [-0.1, -0.05) is 6.07 Å². The minimum atomic E-state index is -0.228. The molecule has 0 saturated carbocycles. The van der Waals surface area contributed by atoms with Gasteiger partial charge in [0.2, 0.25) is 0 Å². The molecule has 2 aromatic heterocycles. The van der Waals surface area contributed by atoms with E-state index in [2.05, 4.69) is 32.4 Å². The number of hydrogen-bond acceptors (Lipinski definition) is 4. The first-order valence-corrected chi connectivity index (χ1v) is 9.55. The van der Waals surface area contributed by atoms with E-state index in [1.165, 1.54) is 0 Å². The van der Waals surface area contributed by atoms with Crippen LogP contribution in [0.1, 0.15) is 33.9 Å². The first-order chi connectivity index (χ1) is 13.0. The topological polar surface area (TPSA) is 69.3 Å². The van der Waals surface area contributed by atoms with E-state index in [0.29, 0.717) is 12.3 Å². The number of carbonyl (C=O) groups is 1. The second kappa shape index (κ2) is 8.90. The Labute approximate surface area is 166 Å². The van der Waals surface area contributed by atoms with Crippen molar-refractivity contribution in [2.45, 2.75) is 33.4 Å². The number of aryl methyl sites for hydroxylation is 3. The lowest BCUT2D eigenvalue weighted by atomic mass is 10.1. The predicted molar refractivity (Wildman–Crippen MR) is 106 cm³/mol. The molecule has 1 amide bonds. The second-order valence-corrected chi connectivity index (χ2v) is 7.32. The molecule has 6 nitrogen and oxygen atoms in total. The molecule has 3 aromatic rings. The van der Waals surface area contributed by atoms with Gasteiger partial charge < -0.3 is 14.5 Å². The summed E-state index contributed by atoms with van der Waals surface area (Å²) in [4.78, 5) is 12.2. The van der Waals surface area contributed by atoms with E-state index in [4.69, 9.17) is 9.15 Å². The van der Waals surface area contributed by atoms with Crippen LogP contribution in [0.4, 0.5) is 0 Å². The largest absolute Gasteiger partial charge is 0.486 e. The summed E-state index contributed by atoms with van der Waals surface area (Å²) in [6.45, 7) is 5.62. The van der Waals surface area contributed by atoms with Gasteiger partial charge in [0.05, 0.1) is 10.7 Å². The number of halogens is 1. The van der Waals surface area contributed by atoms with Crippen LogP contribution in [-0.2, 0) is 13.2 Å². The maximum atomic E-state index is 12.2. The van der Waals surface area contributed by atoms with E-state index < -0.39 is 0 Å². The van der Waals surface area contributed by atoms with Crippen molar-refractivity contribution in [1.82, 2.24) is 15.1 Å². The summed E-state index contributed by atoms with van der Waals surface area (Å²) >= 11 is 3.36. The van der Waals surface area contributed by atoms with Crippen LogP contribution in [-0.4, -0.2) is 22.2 Å². The summed E-state index contributed by atoms with van der Waals surface area (Å²) in [5.41, 5.74) is 2.29. The average Bonchev–Trinajstić information content (AvgIpc) is 3.25. The number of hydrogen-bond donors (Lipinski definition) is 1. The zero-order chi connectivity index (χ0) is 19.2. The van der Waals surface area contributed by atoms with Gasteiger partial charge in [0.25, 0.3) is 5.91 Å². The van der Waals surface area contributed by atoms with E-state index in [-0.39, 0.29) is 18.3 Å². The van der Waals surface area contributed by atoms with Crippen molar-refractivity contribution >= 4 is 21.8 Å². The molecule has 0 spiro atoms. The van der Waals surface area contributed by atoms with Gasteiger partial charge in [-0.05, 0) is 71.6 Å². The average molecular weight is 432 g/mol. The van der Waals surface area contributed by atoms with Crippen LogP contribution in [0.25, 0.3) is 0 Å². The van der Waals surface area contributed by atoms with Crippen molar-refractivity contribution < 1.29 is 13.9 Å². The zero-order valence-electron chi connectivity index (χ0n) is 15.4. The molecule has 0 atom stereocenters. The first-order valence-electron chi connectivity index (χ1n) is 8.75. The highest BCUT2D eigenvalue weighted by Gasteiger charge is 2.11. The Balaban J connectivity index is 1.44. The Morgan fingerprint density at radius 1 is 1.26 bits per heavy atom. The highest BCUT2D eigenvalue weighted by Crippen LogP contribution is 2.18. The Morgan fingerprint density at radius 3 is 2.74 bits per heavy atom. The van der Waals surface area contributed by atoms with Crippen LogP contribution in [0.15, 0.2) is 51.6 Å². The normalized spacial score (nSPS) is 10.8. The highest BCUT2D eigenvalue weighted by molar-refractivity contribution is 9.10. The van der Waals surface area contributed by atoms with E-state index >= 15 is 0 Å². The fourth-order valence-corrected chi connectivity index (χ4v) is 3.07. The van der Waals surface area contributed by atoms with Crippen LogP contribution < -0.4 is 10.1 Å². The Bertz CT molecular complexity index is 897. The van der Waals surface area contributed by atoms with Gasteiger partial charge in [0, 0.05) is 19.3 Å². The third-order valence-electron chi connectivity index (χ3n) is 3.91. The zero-order valence-corrected chi connectivity index (χ0v) is 17.0. The molecule has 142 valence electrons. The molecule has 0 aliphatic carbocycles. The third-order valence-corrected chi connectivity index (χ3v) is 4.32. The second-order valence-electron chi connectivity index (χ2n) is 6.41. The number of furan rings is 1. The standard InChI is InChI=1S/C20H22BrN3O3/c1-14-8-15(2)10-18(9-14)26-13-17-4-5-19(27-17)20(25)22-6-3-7-24-12-16(21)11-23-24/h4-5,8-12H,3,6-7,13H2,1-2H3,(H,22,25). The first kappa shape index (κ1) is 19.2. The van der Waals surface area contributed by atoms with Gasteiger partial charge in [-0.2, -0.15) is 5.10 Å². The van der Waals surface area contributed by atoms with Crippen LogP contribution in [0, 0.1) is 13.8 Å². The maximum Gasteiger partial charge on any atom is 0.286 e. The molecule has 3 rings (SSSR count). The molecule has 0 bridgehead atoms. The summed E-state index contributed by atoms with van der Waals surface area (Å²) in [5.74, 6) is 1.46. The highest BCUT2D eigenvalue weighted by atomic mass is 79.9. The lowest BCUT2D eigenvalue weighted by Gasteiger charge is -2.07. The molecule has 0 saturated heterocycles. The number of nitrogens with zero attached hydrogens (tertiary/aromatic N) is 2. The van der Waals surface area contributed by atoms with Gasteiger partial charge in [-0.25, -0.2) is 0 Å². The summed E-state index contributed by atoms with van der Waals surface area (Å²) in [6.07, 6.45) is 4.42. The van der Waals surface area contributed by atoms with Crippen LogP contribution >= 0.6 is 15.9 Å². The molecule has 7 heteroatoms. The quantitative estimate of drug-likeness (QED) is 0.541. The summed E-state index contributed by atoms with van der Waals surface area (Å²) in [6, 6.07) is 9.47. The Morgan fingerprint density at radius 2 is 2.04 bits per heavy atom. The summed E-state index contributed by atoms with van der Waals surface area (Å²) in [5, 5.41) is 7.03. The monoisotopic (exact) mass is 431 g/mol. The molecule has 2 heterocycles. The number of benzene rings is 1. The van der Waals surface area contributed by atoms with Gasteiger partial charge in [0.1, 0.15) is 18.1 Å². The van der Waals surface area contributed by atoms with Crippen molar-refractivity contribution in [2.75, 3.05) is 6.54 Å². The molecule has 0 radical (unpaired) electrons. The van der Waals surface area contributed by atoms with E-state index in [9.17, 15) is 4.79 Å². The number of rotatable bonds is 8. The van der Waals surface area contributed by atoms with E-state index in [1.807, 2.05) is 36.9 Å². The minimum absolute atomic E-state index is 0.228. The maximum absolute atomic E-state index is 12.2. The molecule has 27 heavy (non-hydrogen) atoms. The minimum Gasteiger partial charge on any atom is -0.486 e. The van der Waals surface area contributed by atoms with Crippen molar-refractivity contribution in [2.24, 2.45) is 0 Å².